The summed E-state index contributed by atoms with van der Waals surface area (Å²) in [5, 5.41) is 8.82. The van der Waals surface area contributed by atoms with E-state index in [0.29, 0.717) is 0 Å². The number of alkyl halides is 2. The summed E-state index contributed by atoms with van der Waals surface area (Å²) in [7, 11) is 0. The maximum atomic E-state index is 12.3. The molecule has 1 aromatic carbocycles. The maximum Gasteiger partial charge on any atom is 0.387 e. The van der Waals surface area contributed by atoms with Gasteiger partial charge in [0, 0.05) is 5.56 Å². The largest absolute Gasteiger partial charge is 0.466 e. The highest BCUT2D eigenvalue weighted by Gasteiger charge is 2.18. The summed E-state index contributed by atoms with van der Waals surface area (Å²) >= 11 is 3.03. The number of nitrogens with zero attached hydrogens (tertiary/aromatic N) is 1. The summed E-state index contributed by atoms with van der Waals surface area (Å²) in [5.41, 5.74) is 0.400. The van der Waals surface area contributed by atoms with Crippen molar-refractivity contribution in [2.24, 2.45) is 0 Å². The molecule has 0 aromatic heterocycles. The second-order valence-electron chi connectivity index (χ2n) is 3.42. The van der Waals surface area contributed by atoms with Crippen LogP contribution in [0.3, 0.4) is 0 Å². The lowest BCUT2D eigenvalue weighted by Gasteiger charge is -2.12. The van der Waals surface area contributed by atoms with Gasteiger partial charge in [-0.2, -0.15) is 14.0 Å². The van der Waals surface area contributed by atoms with Crippen LogP contribution >= 0.6 is 15.9 Å². The fourth-order valence-corrected chi connectivity index (χ4v) is 2.03. The third kappa shape index (κ3) is 4.48. The van der Waals surface area contributed by atoms with Crippen molar-refractivity contribution in [2.75, 3.05) is 6.61 Å². The zero-order chi connectivity index (χ0) is 14.4. The first-order valence-electron chi connectivity index (χ1n) is 5.30. The van der Waals surface area contributed by atoms with Crippen LogP contribution in [0.5, 0.6) is 5.75 Å². The Balaban J connectivity index is 3.13. The molecule has 0 aliphatic rings. The Hall–Kier alpha value is -1.68. The number of esters is 1. The van der Waals surface area contributed by atoms with E-state index >= 15 is 0 Å². The van der Waals surface area contributed by atoms with E-state index in [1.165, 1.54) is 12.1 Å². The van der Waals surface area contributed by atoms with Gasteiger partial charge in [0.15, 0.2) is 0 Å². The zero-order valence-corrected chi connectivity index (χ0v) is 11.5. The minimum atomic E-state index is -3.02. The van der Waals surface area contributed by atoms with Gasteiger partial charge in [-0.3, -0.25) is 4.79 Å². The van der Waals surface area contributed by atoms with Gasteiger partial charge in [-0.1, -0.05) is 0 Å². The molecular formula is C12H10BrF2NO3. The Morgan fingerprint density at radius 2 is 2.21 bits per heavy atom. The van der Waals surface area contributed by atoms with Crippen molar-refractivity contribution in [2.45, 2.75) is 20.0 Å². The first kappa shape index (κ1) is 15.4. The molecule has 0 unspecified atom stereocenters. The molecule has 0 N–H and O–H groups in total. The van der Waals surface area contributed by atoms with Crippen molar-refractivity contribution in [1.82, 2.24) is 0 Å². The molecule has 0 aliphatic heterocycles. The summed E-state index contributed by atoms with van der Waals surface area (Å²) in [6.07, 6.45) is -0.246. The lowest BCUT2D eigenvalue weighted by Crippen LogP contribution is -2.11. The Bertz CT molecular complexity index is 514. The third-order valence-corrected chi connectivity index (χ3v) is 2.69. The van der Waals surface area contributed by atoms with Gasteiger partial charge in [0.1, 0.15) is 5.75 Å². The molecule has 0 heterocycles. The number of ether oxygens (including phenoxy) is 2. The van der Waals surface area contributed by atoms with Crippen molar-refractivity contribution >= 4 is 21.9 Å². The van der Waals surface area contributed by atoms with Gasteiger partial charge in [-0.05, 0) is 35.0 Å². The van der Waals surface area contributed by atoms with Crippen LogP contribution in [0.2, 0.25) is 0 Å². The Kier molecular flexibility index (Phi) is 5.70. The molecule has 0 aliphatic carbocycles. The lowest BCUT2D eigenvalue weighted by molar-refractivity contribution is -0.142. The molecular weight excluding hydrogens is 324 g/mol. The van der Waals surface area contributed by atoms with Gasteiger partial charge >= 0.3 is 12.6 Å². The molecule has 1 aromatic rings. The predicted octanol–water partition coefficient (Wildman–Crippen LogP) is 3.03. The highest BCUT2D eigenvalue weighted by molar-refractivity contribution is 9.10. The minimum absolute atomic E-state index is 0.165. The predicted molar refractivity (Wildman–Crippen MR) is 65.8 cm³/mol. The molecule has 0 saturated carbocycles. The molecule has 0 saturated heterocycles. The van der Waals surface area contributed by atoms with Crippen LogP contribution < -0.4 is 4.74 Å². The summed E-state index contributed by atoms with van der Waals surface area (Å²) in [4.78, 5) is 11.4. The fraction of sp³-hybridized carbons (Fsp3) is 0.333. The summed E-state index contributed by atoms with van der Waals surface area (Å²) in [6, 6.07) is 4.53. The molecule has 19 heavy (non-hydrogen) atoms. The van der Waals surface area contributed by atoms with Gasteiger partial charge in [0.25, 0.3) is 0 Å². The van der Waals surface area contributed by atoms with E-state index in [-0.39, 0.29) is 34.4 Å². The quantitative estimate of drug-likeness (QED) is 0.777. The summed E-state index contributed by atoms with van der Waals surface area (Å²) in [5.74, 6) is -0.745. The van der Waals surface area contributed by atoms with Gasteiger partial charge in [-0.15, -0.1) is 0 Å². The van der Waals surface area contributed by atoms with Crippen LogP contribution in [0.4, 0.5) is 8.78 Å². The SMILES string of the molecule is CCOC(=O)Cc1cc(C#N)cc(Br)c1OC(F)F. The topological polar surface area (TPSA) is 59.3 Å². The molecule has 0 radical (unpaired) electrons. The first-order chi connectivity index (χ1) is 8.97. The van der Waals surface area contributed by atoms with E-state index in [1.807, 2.05) is 6.07 Å². The van der Waals surface area contributed by atoms with Crippen LogP contribution in [-0.2, 0) is 16.0 Å². The molecule has 0 fully saturated rings. The average molecular weight is 334 g/mol. The Morgan fingerprint density at radius 3 is 2.74 bits per heavy atom. The van der Waals surface area contributed by atoms with Crippen molar-refractivity contribution < 1.29 is 23.0 Å². The number of halogens is 3. The Morgan fingerprint density at radius 1 is 1.53 bits per heavy atom. The van der Waals surface area contributed by atoms with E-state index in [9.17, 15) is 13.6 Å². The number of nitriles is 1. The second kappa shape index (κ2) is 7.04. The molecule has 0 amide bonds. The third-order valence-electron chi connectivity index (χ3n) is 2.10. The monoisotopic (exact) mass is 333 g/mol. The molecule has 7 heteroatoms. The van der Waals surface area contributed by atoms with E-state index in [0.717, 1.165) is 0 Å². The van der Waals surface area contributed by atoms with E-state index in [4.69, 9.17) is 10.00 Å². The number of carbonyl (C=O) groups excluding carboxylic acids is 1. The number of rotatable bonds is 5. The van der Waals surface area contributed by atoms with Gasteiger partial charge < -0.3 is 9.47 Å². The summed E-state index contributed by atoms with van der Waals surface area (Å²) < 4.78 is 33.9. The fourth-order valence-electron chi connectivity index (χ4n) is 1.43. The van der Waals surface area contributed by atoms with E-state index < -0.39 is 12.6 Å². The number of hydrogen-bond donors (Lipinski definition) is 0. The van der Waals surface area contributed by atoms with Crippen LogP contribution in [0.1, 0.15) is 18.1 Å². The zero-order valence-electron chi connectivity index (χ0n) is 9.95. The molecule has 0 spiro atoms. The number of hydrogen-bond acceptors (Lipinski definition) is 4. The van der Waals surface area contributed by atoms with Crippen LogP contribution in [0.15, 0.2) is 16.6 Å². The molecule has 1 rings (SSSR count). The van der Waals surface area contributed by atoms with Gasteiger partial charge in [0.05, 0.1) is 29.1 Å². The first-order valence-corrected chi connectivity index (χ1v) is 6.10. The number of carbonyl (C=O) groups is 1. The van der Waals surface area contributed by atoms with Crippen molar-refractivity contribution in [3.8, 4) is 11.8 Å². The van der Waals surface area contributed by atoms with Crippen molar-refractivity contribution in [1.29, 1.82) is 5.26 Å². The molecule has 0 bridgehead atoms. The molecule has 102 valence electrons. The van der Waals surface area contributed by atoms with Crippen LogP contribution in [-0.4, -0.2) is 19.2 Å². The lowest BCUT2D eigenvalue weighted by atomic mass is 10.1. The summed E-state index contributed by atoms with van der Waals surface area (Å²) in [6.45, 7) is -1.20. The smallest absolute Gasteiger partial charge is 0.387 e. The second-order valence-corrected chi connectivity index (χ2v) is 4.27. The maximum absolute atomic E-state index is 12.3. The molecule has 4 nitrogen and oxygen atoms in total. The van der Waals surface area contributed by atoms with Crippen molar-refractivity contribution in [3.63, 3.8) is 0 Å². The van der Waals surface area contributed by atoms with Crippen LogP contribution in [0, 0.1) is 11.3 Å². The highest BCUT2D eigenvalue weighted by atomic mass is 79.9. The van der Waals surface area contributed by atoms with Gasteiger partial charge in [0.2, 0.25) is 0 Å². The van der Waals surface area contributed by atoms with Gasteiger partial charge in [-0.25, -0.2) is 0 Å². The average Bonchev–Trinajstić information content (AvgIpc) is 2.33. The molecule has 0 atom stereocenters. The van der Waals surface area contributed by atoms with E-state index in [2.05, 4.69) is 20.7 Å². The Labute approximate surface area is 117 Å². The van der Waals surface area contributed by atoms with Crippen LogP contribution in [0.25, 0.3) is 0 Å². The highest BCUT2D eigenvalue weighted by Crippen LogP contribution is 2.32. The van der Waals surface area contributed by atoms with E-state index in [1.54, 1.807) is 6.92 Å². The number of benzene rings is 1. The minimum Gasteiger partial charge on any atom is -0.466 e. The van der Waals surface area contributed by atoms with Crippen molar-refractivity contribution in [3.05, 3.63) is 27.7 Å². The standard InChI is InChI=1S/C12H10BrF2NO3/c1-2-18-10(17)5-8-3-7(6-16)4-9(13)11(8)19-12(14)15/h3-4,12H,2,5H2,1H3. The normalized spacial score (nSPS) is 10.1.